The normalized spacial score (nSPS) is 11.3. The summed E-state index contributed by atoms with van der Waals surface area (Å²) in [5.74, 6) is 2.01. The number of halogens is 3. The molecule has 154 valence electrons. The van der Waals surface area contributed by atoms with E-state index in [2.05, 4.69) is 68.3 Å². The standard InChI is InChI=1S/C21H23N4.3ClH.Cr/c1-12-8-16-17(9-13(12)2)23-20(22-16)6-5-7-21-24-18-10-14(3)15(4)11-19(18)25-21;;;;/h5,8-11H,6-7H2,1-4H3,(H,22,23)(H,24,25);3*1H;/q-1;;;;+4/p-3. The van der Waals surface area contributed by atoms with E-state index >= 15 is 0 Å². The van der Waals surface area contributed by atoms with E-state index in [0.717, 1.165) is 46.6 Å². The summed E-state index contributed by atoms with van der Waals surface area (Å²) < 4.78 is 0. The molecule has 0 bridgehead atoms. The van der Waals surface area contributed by atoms with Gasteiger partial charge in [-0.15, -0.1) is 12.8 Å². The zero-order valence-corrected chi connectivity index (χ0v) is 20.3. The zero-order valence-electron chi connectivity index (χ0n) is 16.7. The molecule has 4 rings (SSSR count). The molecule has 0 radical (unpaired) electrons. The van der Waals surface area contributed by atoms with Gasteiger partial charge in [-0.1, -0.05) is 0 Å². The zero-order chi connectivity index (χ0) is 21.1. The number of rotatable bonds is 4. The van der Waals surface area contributed by atoms with Crippen molar-refractivity contribution in [2.24, 2.45) is 0 Å². The van der Waals surface area contributed by atoms with Crippen LogP contribution in [0.1, 0.15) is 33.9 Å². The molecule has 8 heteroatoms. The number of hydrogen-bond acceptors (Lipinski definition) is 2. The van der Waals surface area contributed by atoms with Crippen LogP contribution in [0.15, 0.2) is 24.3 Å². The van der Waals surface area contributed by atoms with E-state index in [-0.39, 0.29) is 0 Å². The van der Waals surface area contributed by atoms with Gasteiger partial charge in [0.05, 0.1) is 33.7 Å². The van der Waals surface area contributed by atoms with Gasteiger partial charge in [-0.25, -0.2) is 9.97 Å². The van der Waals surface area contributed by atoms with Gasteiger partial charge < -0.3 is 16.4 Å². The van der Waals surface area contributed by atoms with Crippen molar-refractivity contribution in [2.75, 3.05) is 0 Å². The number of H-pyrrole nitrogens is 2. The van der Waals surface area contributed by atoms with Crippen LogP contribution in [0.25, 0.3) is 22.1 Å². The minimum atomic E-state index is -1.62. The van der Waals surface area contributed by atoms with Crippen molar-refractivity contribution in [3.05, 3.63) is 64.6 Å². The molecular formula is C21H23Cl3CrN4. The van der Waals surface area contributed by atoms with Crippen LogP contribution in [-0.2, 0) is 24.2 Å². The first-order valence-corrected chi connectivity index (χ1v) is 14.5. The fraction of sp³-hybridized carbons (Fsp3) is 0.286. The third-order valence-corrected chi connectivity index (χ3v) is 4.97. The second-order valence-electron chi connectivity index (χ2n) is 7.15. The minimum absolute atomic E-state index is 0.807. The molecule has 0 unspecified atom stereocenters. The Labute approximate surface area is 188 Å². The number of nitrogens with zero attached hydrogens (tertiary/aromatic N) is 2. The van der Waals surface area contributed by atoms with Crippen molar-refractivity contribution in [3.8, 4) is 0 Å². The van der Waals surface area contributed by atoms with Crippen LogP contribution in [0.5, 0.6) is 0 Å². The number of aromatic nitrogens is 4. The van der Waals surface area contributed by atoms with Crippen LogP contribution in [0.4, 0.5) is 0 Å². The SMILES string of the molecule is Cc1cc2nc(C[CH-]Cc3nc4cc(C)c(C)cc4[nH]3)[nH]c2cc1C.[Cl][Cr+]([Cl])[Cl]. The van der Waals surface area contributed by atoms with Crippen LogP contribution >= 0.6 is 30.1 Å². The number of aryl methyl sites for hydroxylation is 4. The first-order chi connectivity index (χ1) is 13.7. The molecule has 0 spiro atoms. The summed E-state index contributed by atoms with van der Waals surface area (Å²) in [4.78, 5) is 16.2. The van der Waals surface area contributed by atoms with Crippen LogP contribution in [0.3, 0.4) is 0 Å². The van der Waals surface area contributed by atoms with E-state index in [0.29, 0.717) is 0 Å². The van der Waals surface area contributed by atoms with E-state index in [4.69, 9.17) is 40.1 Å². The van der Waals surface area contributed by atoms with Crippen molar-refractivity contribution >= 4 is 52.2 Å². The number of benzene rings is 2. The second kappa shape index (κ2) is 9.73. The van der Waals surface area contributed by atoms with Gasteiger partial charge in [-0.3, -0.25) is 0 Å². The van der Waals surface area contributed by atoms with Gasteiger partial charge in [0.25, 0.3) is 0 Å². The van der Waals surface area contributed by atoms with Crippen LogP contribution in [-0.4, -0.2) is 19.9 Å². The van der Waals surface area contributed by atoms with E-state index in [1.807, 2.05) is 0 Å². The molecule has 4 nitrogen and oxygen atoms in total. The summed E-state index contributed by atoms with van der Waals surface area (Å²) in [6, 6.07) is 8.64. The van der Waals surface area contributed by atoms with Gasteiger partial charge in [0.15, 0.2) is 0 Å². The van der Waals surface area contributed by atoms with Gasteiger partial charge in [-0.05, 0) is 74.2 Å². The maximum atomic E-state index is 4.93. The summed E-state index contributed by atoms with van der Waals surface area (Å²) in [5.41, 5.74) is 9.45. The van der Waals surface area contributed by atoms with Crippen LogP contribution in [0.2, 0.25) is 0 Å². The van der Waals surface area contributed by atoms with Gasteiger partial charge in [0.2, 0.25) is 0 Å². The first kappa shape index (κ1) is 22.5. The quantitative estimate of drug-likeness (QED) is 0.312. The maximum absolute atomic E-state index is 4.93. The fourth-order valence-corrected chi connectivity index (χ4v) is 3.18. The van der Waals surface area contributed by atoms with Gasteiger partial charge in [0.1, 0.15) is 0 Å². The molecule has 4 aromatic rings. The molecule has 2 aromatic heterocycles. The average molecular weight is 490 g/mol. The Kier molecular flexibility index (Phi) is 7.54. The predicted molar refractivity (Wildman–Crippen MR) is 120 cm³/mol. The van der Waals surface area contributed by atoms with Gasteiger partial charge >= 0.3 is 41.5 Å². The van der Waals surface area contributed by atoms with Gasteiger partial charge in [0, 0.05) is 0 Å². The molecule has 29 heavy (non-hydrogen) atoms. The van der Waals surface area contributed by atoms with Crippen molar-refractivity contribution in [1.82, 2.24) is 19.9 Å². The van der Waals surface area contributed by atoms with Crippen molar-refractivity contribution in [1.29, 1.82) is 0 Å². The fourth-order valence-electron chi connectivity index (χ4n) is 3.18. The Balaban J connectivity index is 0.000000552. The number of imidazole rings is 2. The topological polar surface area (TPSA) is 57.4 Å². The predicted octanol–water partition coefficient (Wildman–Crippen LogP) is 6.73. The molecule has 0 aliphatic heterocycles. The number of nitrogens with one attached hydrogen (secondary N) is 2. The Morgan fingerprint density at radius 1 is 0.724 bits per heavy atom. The molecule has 0 aliphatic carbocycles. The molecule has 2 heterocycles. The molecule has 0 saturated heterocycles. The molecule has 0 atom stereocenters. The summed E-state index contributed by atoms with van der Waals surface area (Å²) in [6.07, 6.45) is 3.83. The van der Waals surface area contributed by atoms with E-state index in [1.165, 1.54) is 22.3 Å². The number of hydrogen-bond donors (Lipinski definition) is 2. The van der Waals surface area contributed by atoms with E-state index in [9.17, 15) is 0 Å². The monoisotopic (exact) mass is 488 g/mol. The number of aromatic amines is 2. The molecule has 2 aromatic carbocycles. The third kappa shape index (κ3) is 5.90. The van der Waals surface area contributed by atoms with E-state index in [1.54, 1.807) is 0 Å². The van der Waals surface area contributed by atoms with Crippen molar-refractivity contribution in [3.63, 3.8) is 0 Å². The molecule has 0 saturated carbocycles. The summed E-state index contributed by atoms with van der Waals surface area (Å²) in [6.45, 7) is 8.51. The first-order valence-electron chi connectivity index (χ1n) is 9.19. The molecule has 0 amide bonds. The molecular weight excluding hydrogens is 467 g/mol. The van der Waals surface area contributed by atoms with Crippen LogP contribution in [0, 0.1) is 34.1 Å². The van der Waals surface area contributed by atoms with E-state index < -0.39 is 11.4 Å². The summed E-state index contributed by atoms with van der Waals surface area (Å²) in [7, 11) is 14.8. The molecule has 0 fully saturated rings. The number of fused-ring (bicyclic) bond motifs is 2. The van der Waals surface area contributed by atoms with Gasteiger partial charge in [-0.2, -0.15) is 0 Å². The average Bonchev–Trinajstić information content (AvgIpc) is 3.18. The molecule has 0 aliphatic rings. The second-order valence-corrected chi connectivity index (χ2v) is 13.5. The third-order valence-electron chi connectivity index (χ3n) is 4.97. The summed E-state index contributed by atoms with van der Waals surface area (Å²) >= 11 is -1.62. The van der Waals surface area contributed by atoms with Crippen molar-refractivity contribution in [2.45, 2.75) is 40.5 Å². The molecule has 2 N–H and O–H groups in total. The Bertz CT molecular complexity index is 967. The Morgan fingerprint density at radius 2 is 1.07 bits per heavy atom. The Hall–Kier alpha value is -1.22. The Morgan fingerprint density at radius 3 is 1.45 bits per heavy atom. The van der Waals surface area contributed by atoms with Crippen molar-refractivity contribution < 1.29 is 11.4 Å². The summed E-state index contributed by atoms with van der Waals surface area (Å²) in [5, 5.41) is 0. The van der Waals surface area contributed by atoms with Crippen LogP contribution < -0.4 is 0 Å².